The molecular weight excluding hydrogens is 238 g/mol. The maximum absolute atomic E-state index is 12.3. The SMILES string of the molecule is COC(=O)C1(NC2CCCCCC2)CCC(C)(C)C1. The van der Waals surface area contributed by atoms with E-state index < -0.39 is 5.54 Å². The first-order valence-electron chi connectivity index (χ1n) is 7.84. The van der Waals surface area contributed by atoms with Gasteiger partial charge in [0.25, 0.3) is 0 Å². The van der Waals surface area contributed by atoms with E-state index in [1.54, 1.807) is 0 Å². The average Bonchev–Trinajstić information content (AvgIpc) is 2.56. The lowest BCUT2D eigenvalue weighted by Crippen LogP contribution is -2.55. The molecule has 1 atom stereocenters. The van der Waals surface area contributed by atoms with Crippen LogP contribution in [0.4, 0.5) is 0 Å². The van der Waals surface area contributed by atoms with Crippen molar-refractivity contribution in [2.24, 2.45) is 5.41 Å². The van der Waals surface area contributed by atoms with Gasteiger partial charge in [-0.15, -0.1) is 0 Å². The van der Waals surface area contributed by atoms with Crippen molar-refractivity contribution in [3.63, 3.8) is 0 Å². The molecule has 2 saturated carbocycles. The first-order chi connectivity index (χ1) is 8.97. The van der Waals surface area contributed by atoms with Gasteiger partial charge in [-0.2, -0.15) is 0 Å². The Balaban J connectivity index is 2.08. The highest BCUT2D eigenvalue weighted by Gasteiger charge is 2.50. The Labute approximate surface area is 117 Å². The number of carbonyl (C=O) groups is 1. The van der Waals surface area contributed by atoms with E-state index in [9.17, 15) is 4.79 Å². The topological polar surface area (TPSA) is 38.3 Å². The predicted molar refractivity (Wildman–Crippen MR) is 77.0 cm³/mol. The quantitative estimate of drug-likeness (QED) is 0.629. The Morgan fingerprint density at radius 2 is 1.74 bits per heavy atom. The highest BCUT2D eigenvalue weighted by Crippen LogP contribution is 2.44. The van der Waals surface area contributed by atoms with E-state index in [1.165, 1.54) is 45.6 Å². The normalized spacial score (nSPS) is 31.9. The molecule has 0 aromatic rings. The van der Waals surface area contributed by atoms with Gasteiger partial charge in [-0.3, -0.25) is 10.1 Å². The van der Waals surface area contributed by atoms with Gasteiger partial charge in [0.05, 0.1) is 7.11 Å². The summed E-state index contributed by atoms with van der Waals surface area (Å²) in [6.07, 6.45) is 10.6. The Morgan fingerprint density at radius 1 is 1.11 bits per heavy atom. The number of ether oxygens (including phenoxy) is 1. The molecule has 2 fully saturated rings. The molecule has 2 aliphatic carbocycles. The Bertz CT molecular complexity index is 319. The first-order valence-corrected chi connectivity index (χ1v) is 7.84. The molecule has 0 aromatic heterocycles. The summed E-state index contributed by atoms with van der Waals surface area (Å²) in [7, 11) is 1.52. The number of nitrogens with one attached hydrogen (secondary N) is 1. The van der Waals surface area contributed by atoms with Crippen LogP contribution in [0.15, 0.2) is 0 Å². The second kappa shape index (κ2) is 5.82. The second-order valence-corrected chi connectivity index (χ2v) is 7.25. The molecule has 1 unspecified atom stereocenters. The van der Waals surface area contributed by atoms with Gasteiger partial charge in [-0.05, 0) is 37.5 Å². The molecule has 0 bridgehead atoms. The van der Waals surface area contributed by atoms with Gasteiger partial charge >= 0.3 is 5.97 Å². The summed E-state index contributed by atoms with van der Waals surface area (Å²) in [6, 6.07) is 0.496. The lowest BCUT2D eigenvalue weighted by molar-refractivity contribution is -0.149. The molecule has 19 heavy (non-hydrogen) atoms. The maximum atomic E-state index is 12.3. The Kier molecular flexibility index (Phi) is 4.54. The molecule has 3 heteroatoms. The van der Waals surface area contributed by atoms with Gasteiger partial charge in [0.2, 0.25) is 0 Å². The lowest BCUT2D eigenvalue weighted by atomic mass is 9.86. The van der Waals surface area contributed by atoms with E-state index in [0.29, 0.717) is 6.04 Å². The predicted octanol–water partition coefficient (Wildman–Crippen LogP) is 3.42. The first kappa shape index (κ1) is 14.8. The van der Waals surface area contributed by atoms with Crippen molar-refractivity contribution in [1.29, 1.82) is 0 Å². The minimum Gasteiger partial charge on any atom is -0.468 e. The highest BCUT2D eigenvalue weighted by molar-refractivity contribution is 5.81. The molecule has 0 aromatic carbocycles. The van der Waals surface area contributed by atoms with Gasteiger partial charge in [0.15, 0.2) is 0 Å². The van der Waals surface area contributed by atoms with E-state index in [0.717, 1.165) is 19.3 Å². The molecule has 0 aliphatic heterocycles. The standard InChI is InChI=1S/C16H29NO2/c1-15(2)10-11-16(12-15,14(18)19-3)17-13-8-6-4-5-7-9-13/h13,17H,4-12H2,1-3H3. The third kappa shape index (κ3) is 3.50. The van der Waals surface area contributed by atoms with Crippen LogP contribution in [0.3, 0.4) is 0 Å². The summed E-state index contributed by atoms with van der Waals surface area (Å²) >= 11 is 0. The fourth-order valence-corrected chi connectivity index (χ4v) is 3.91. The van der Waals surface area contributed by atoms with Gasteiger partial charge in [0, 0.05) is 6.04 Å². The average molecular weight is 267 g/mol. The number of hydrogen-bond donors (Lipinski definition) is 1. The van der Waals surface area contributed by atoms with E-state index in [2.05, 4.69) is 19.2 Å². The zero-order chi connectivity index (χ0) is 13.9. The van der Waals surface area contributed by atoms with Crippen molar-refractivity contribution in [3.05, 3.63) is 0 Å². The van der Waals surface area contributed by atoms with E-state index in [4.69, 9.17) is 4.74 Å². The Hall–Kier alpha value is -0.570. The zero-order valence-corrected chi connectivity index (χ0v) is 12.8. The van der Waals surface area contributed by atoms with E-state index in [-0.39, 0.29) is 11.4 Å². The summed E-state index contributed by atoms with van der Waals surface area (Å²) in [6.45, 7) is 4.51. The van der Waals surface area contributed by atoms with Crippen LogP contribution in [-0.2, 0) is 9.53 Å². The van der Waals surface area contributed by atoms with Crippen molar-refractivity contribution >= 4 is 5.97 Å². The van der Waals surface area contributed by atoms with Crippen LogP contribution in [0.1, 0.15) is 71.6 Å². The monoisotopic (exact) mass is 267 g/mol. The van der Waals surface area contributed by atoms with Crippen LogP contribution < -0.4 is 5.32 Å². The van der Waals surface area contributed by atoms with Gasteiger partial charge in [0.1, 0.15) is 5.54 Å². The van der Waals surface area contributed by atoms with Crippen molar-refractivity contribution in [1.82, 2.24) is 5.32 Å². The molecule has 0 heterocycles. The minimum absolute atomic E-state index is 0.0534. The van der Waals surface area contributed by atoms with Crippen LogP contribution in [0, 0.1) is 5.41 Å². The van der Waals surface area contributed by atoms with Gasteiger partial charge in [-0.1, -0.05) is 39.5 Å². The van der Waals surface area contributed by atoms with Crippen LogP contribution in [0.25, 0.3) is 0 Å². The van der Waals surface area contributed by atoms with Crippen LogP contribution >= 0.6 is 0 Å². The van der Waals surface area contributed by atoms with Crippen LogP contribution in [-0.4, -0.2) is 24.7 Å². The highest BCUT2D eigenvalue weighted by atomic mass is 16.5. The molecule has 2 aliphatic rings. The van der Waals surface area contributed by atoms with E-state index in [1.807, 2.05) is 0 Å². The Morgan fingerprint density at radius 3 is 2.21 bits per heavy atom. The number of carbonyl (C=O) groups excluding carboxylic acids is 1. The number of methoxy groups -OCH3 is 1. The number of esters is 1. The molecule has 3 nitrogen and oxygen atoms in total. The smallest absolute Gasteiger partial charge is 0.326 e. The van der Waals surface area contributed by atoms with Crippen molar-refractivity contribution in [3.8, 4) is 0 Å². The van der Waals surface area contributed by atoms with E-state index >= 15 is 0 Å². The fourth-order valence-electron chi connectivity index (χ4n) is 3.91. The van der Waals surface area contributed by atoms with Crippen molar-refractivity contribution in [2.45, 2.75) is 83.2 Å². The maximum Gasteiger partial charge on any atom is 0.326 e. The van der Waals surface area contributed by atoms with Crippen molar-refractivity contribution in [2.75, 3.05) is 7.11 Å². The summed E-state index contributed by atoms with van der Waals surface area (Å²) in [5.41, 5.74) is -0.181. The number of hydrogen-bond acceptors (Lipinski definition) is 3. The zero-order valence-electron chi connectivity index (χ0n) is 12.8. The summed E-state index contributed by atoms with van der Waals surface area (Å²) < 4.78 is 5.10. The molecule has 0 amide bonds. The molecular formula is C16H29NO2. The molecule has 110 valence electrons. The van der Waals surface area contributed by atoms with Crippen LogP contribution in [0.2, 0.25) is 0 Å². The lowest BCUT2D eigenvalue weighted by Gasteiger charge is -2.33. The summed E-state index contributed by atoms with van der Waals surface area (Å²) in [5, 5.41) is 3.70. The van der Waals surface area contributed by atoms with Crippen molar-refractivity contribution < 1.29 is 9.53 Å². The minimum atomic E-state index is -0.423. The second-order valence-electron chi connectivity index (χ2n) is 7.25. The molecule has 0 spiro atoms. The molecule has 0 saturated heterocycles. The largest absolute Gasteiger partial charge is 0.468 e. The summed E-state index contributed by atoms with van der Waals surface area (Å²) in [4.78, 5) is 12.3. The van der Waals surface area contributed by atoms with Crippen LogP contribution in [0.5, 0.6) is 0 Å². The van der Waals surface area contributed by atoms with Gasteiger partial charge < -0.3 is 4.74 Å². The molecule has 0 radical (unpaired) electrons. The fraction of sp³-hybridized carbons (Fsp3) is 0.938. The molecule has 1 N–H and O–H groups in total. The summed E-state index contributed by atoms with van der Waals surface area (Å²) in [5.74, 6) is -0.0534. The third-order valence-corrected chi connectivity index (χ3v) is 4.92. The molecule has 2 rings (SSSR count). The van der Waals surface area contributed by atoms with Gasteiger partial charge in [-0.25, -0.2) is 0 Å². The third-order valence-electron chi connectivity index (χ3n) is 4.92. The number of rotatable bonds is 3.